The first-order chi connectivity index (χ1) is 14.8. The lowest BCUT2D eigenvalue weighted by Gasteiger charge is -2.13. The number of nitrogens with zero attached hydrogens (tertiary/aromatic N) is 4. The molecule has 3 rings (SSSR count). The number of sulfonamides is 1. The molecule has 2 heterocycles. The van der Waals surface area contributed by atoms with E-state index in [2.05, 4.69) is 15.0 Å². The fraction of sp³-hybridized carbons (Fsp3) is 0.235. The molecule has 1 aromatic carbocycles. The standard InChI is InChI=1S/C17H13Cl2F3N6O3S/c1-8-2-10(27-31-8)6-25-32(29,30)7-11-14(5-23)26-28(16(11)24)15-12(18)3-9(4-13(15)19)17(20,21)22/h2-4,25H,6-7,24H2,1H3. The van der Waals surface area contributed by atoms with Gasteiger partial charge in [-0.3, -0.25) is 0 Å². The normalized spacial score (nSPS) is 12.2. The van der Waals surface area contributed by atoms with Crippen molar-refractivity contribution in [3.05, 3.63) is 56.5 Å². The first-order valence-corrected chi connectivity index (χ1v) is 11.0. The van der Waals surface area contributed by atoms with Crippen LogP contribution in [0.25, 0.3) is 5.69 Å². The van der Waals surface area contributed by atoms with Crippen LogP contribution < -0.4 is 10.5 Å². The quantitative estimate of drug-likeness (QED) is 0.518. The zero-order chi connectivity index (χ0) is 23.8. The van der Waals surface area contributed by atoms with E-state index in [0.29, 0.717) is 23.6 Å². The Morgan fingerprint density at radius 3 is 2.41 bits per heavy atom. The van der Waals surface area contributed by atoms with E-state index in [-0.39, 0.29) is 29.3 Å². The van der Waals surface area contributed by atoms with E-state index in [4.69, 9.17) is 33.5 Å². The smallest absolute Gasteiger partial charge is 0.383 e. The van der Waals surface area contributed by atoms with Crippen LogP contribution in [0.2, 0.25) is 10.0 Å². The number of hydrogen-bond donors (Lipinski definition) is 2. The average molecular weight is 509 g/mol. The maximum absolute atomic E-state index is 13.0. The molecule has 0 saturated carbocycles. The van der Waals surface area contributed by atoms with Gasteiger partial charge in [0.25, 0.3) is 0 Å². The largest absolute Gasteiger partial charge is 0.416 e. The summed E-state index contributed by atoms with van der Waals surface area (Å²) >= 11 is 11.9. The molecule has 0 fully saturated rings. The molecule has 0 aliphatic heterocycles. The minimum absolute atomic E-state index is 0.174. The monoisotopic (exact) mass is 508 g/mol. The summed E-state index contributed by atoms with van der Waals surface area (Å²) in [5.41, 5.74) is 4.44. The van der Waals surface area contributed by atoms with Gasteiger partial charge in [0.05, 0.1) is 33.6 Å². The predicted molar refractivity (Wildman–Crippen MR) is 108 cm³/mol. The summed E-state index contributed by atoms with van der Waals surface area (Å²) in [4.78, 5) is 0. The molecule has 3 N–H and O–H groups in total. The van der Waals surface area contributed by atoms with Gasteiger partial charge < -0.3 is 10.3 Å². The molecule has 15 heteroatoms. The van der Waals surface area contributed by atoms with Crippen molar-refractivity contribution < 1.29 is 26.1 Å². The van der Waals surface area contributed by atoms with Crippen molar-refractivity contribution >= 4 is 39.0 Å². The summed E-state index contributed by atoms with van der Waals surface area (Å²) in [5.74, 6) is -0.580. The molecule has 0 amide bonds. The molecular formula is C17H13Cl2F3N6O3S. The van der Waals surface area contributed by atoms with Gasteiger partial charge in [-0.1, -0.05) is 28.4 Å². The van der Waals surface area contributed by atoms with Crippen LogP contribution in [0.3, 0.4) is 0 Å². The van der Waals surface area contributed by atoms with Crippen LogP contribution in [0.1, 0.15) is 28.3 Å². The third-order valence-electron chi connectivity index (χ3n) is 4.17. The second-order valence-corrected chi connectivity index (χ2v) is 9.15. The molecule has 0 bridgehead atoms. The van der Waals surface area contributed by atoms with E-state index < -0.39 is 37.6 Å². The van der Waals surface area contributed by atoms with Gasteiger partial charge in [0.1, 0.15) is 23.3 Å². The molecule has 9 nitrogen and oxygen atoms in total. The summed E-state index contributed by atoms with van der Waals surface area (Å²) in [6, 6.07) is 4.47. The summed E-state index contributed by atoms with van der Waals surface area (Å²) in [5, 5.41) is 16.0. The molecule has 0 aliphatic rings. The number of nitriles is 1. The number of rotatable bonds is 6. The maximum Gasteiger partial charge on any atom is 0.416 e. The van der Waals surface area contributed by atoms with Gasteiger partial charge >= 0.3 is 6.18 Å². The van der Waals surface area contributed by atoms with Crippen LogP contribution in [-0.4, -0.2) is 23.4 Å². The Bertz CT molecular complexity index is 1310. The highest BCUT2D eigenvalue weighted by Gasteiger charge is 2.33. The number of aromatic nitrogens is 3. The number of alkyl halides is 3. The van der Waals surface area contributed by atoms with Crippen LogP contribution in [-0.2, 0) is 28.5 Å². The number of nitrogen functional groups attached to an aromatic ring is 1. The summed E-state index contributed by atoms with van der Waals surface area (Å²) in [6.07, 6.45) is -4.70. The van der Waals surface area contributed by atoms with Gasteiger partial charge in [0.15, 0.2) is 5.69 Å². The molecule has 0 spiro atoms. The van der Waals surface area contributed by atoms with Gasteiger partial charge in [-0.15, -0.1) is 0 Å². The number of halogens is 5. The first-order valence-electron chi connectivity index (χ1n) is 8.56. The fourth-order valence-corrected chi connectivity index (χ4v) is 4.51. The molecule has 2 aromatic heterocycles. The molecule has 3 aromatic rings. The lowest BCUT2D eigenvalue weighted by atomic mass is 10.2. The van der Waals surface area contributed by atoms with Crippen molar-refractivity contribution in [3.63, 3.8) is 0 Å². The second-order valence-electron chi connectivity index (χ2n) is 6.53. The van der Waals surface area contributed by atoms with Crippen molar-refractivity contribution in [3.8, 4) is 11.8 Å². The Balaban J connectivity index is 1.96. The van der Waals surface area contributed by atoms with Gasteiger partial charge in [-0.25, -0.2) is 17.8 Å². The van der Waals surface area contributed by atoms with Crippen molar-refractivity contribution in [2.45, 2.75) is 25.4 Å². The van der Waals surface area contributed by atoms with E-state index in [1.54, 1.807) is 13.0 Å². The first kappa shape index (κ1) is 23.9. The summed E-state index contributed by atoms with van der Waals surface area (Å²) in [7, 11) is -4.02. The van der Waals surface area contributed by atoms with Crippen molar-refractivity contribution in [1.82, 2.24) is 19.7 Å². The minimum Gasteiger partial charge on any atom is -0.383 e. The number of hydrogen-bond acceptors (Lipinski definition) is 7. The third kappa shape index (κ3) is 4.99. The van der Waals surface area contributed by atoms with Crippen LogP contribution in [0, 0.1) is 18.3 Å². The molecule has 0 saturated heterocycles. The molecule has 32 heavy (non-hydrogen) atoms. The molecular weight excluding hydrogens is 496 g/mol. The molecule has 0 radical (unpaired) electrons. The number of benzene rings is 1. The van der Waals surface area contributed by atoms with Crippen molar-refractivity contribution in [2.24, 2.45) is 0 Å². The Morgan fingerprint density at radius 2 is 1.91 bits per heavy atom. The van der Waals surface area contributed by atoms with Crippen molar-refractivity contribution in [1.29, 1.82) is 5.26 Å². The van der Waals surface area contributed by atoms with Crippen LogP contribution in [0.5, 0.6) is 0 Å². The molecule has 170 valence electrons. The summed E-state index contributed by atoms with van der Waals surface area (Å²) < 4.78 is 71.9. The minimum atomic E-state index is -4.70. The van der Waals surface area contributed by atoms with E-state index in [0.717, 1.165) is 4.68 Å². The average Bonchev–Trinajstić information content (AvgIpc) is 3.23. The van der Waals surface area contributed by atoms with Crippen LogP contribution >= 0.6 is 23.2 Å². The van der Waals surface area contributed by atoms with E-state index in [1.807, 2.05) is 0 Å². The Kier molecular flexibility index (Phi) is 6.43. The Morgan fingerprint density at radius 1 is 1.28 bits per heavy atom. The Labute approximate surface area is 189 Å². The van der Waals surface area contributed by atoms with Gasteiger partial charge in [0, 0.05) is 11.6 Å². The number of anilines is 1. The fourth-order valence-electron chi connectivity index (χ4n) is 2.72. The SMILES string of the molecule is Cc1cc(CNS(=O)(=O)Cc2c(C#N)nn(-c3c(Cl)cc(C(F)(F)F)cc3Cl)c2N)no1. The number of aryl methyl sites for hydroxylation is 1. The predicted octanol–water partition coefficient (Wildman–Crippen LogP) is 3.57. The summed E-state index contributed by atoms with van der Waals surface area (Å²) in [6.45, 7) is 1.46. The topological polar surface area (TPSA) is 140 Å². The highest BCUT2D eigenvalue weighted by Crippen LogP contribution is 2.38. The Hall–Kier alpha value is -2.79. The zero-order valence-electron chi connectivity index (χ0n) is 16.0. The molecule has 0 unspecified atom stereocenters. The number of nitrogens with two attached hydrogens (primary N) is 1. The van der Waals surface area contributed by atoms with Crippen LogP contribution in [0.15, 0.2) is 22.7 Å². The maximum atomic E-state index is 13.0. The van der Waals surface area contributed by atoms with Gasteiger partial charge in [0.2, 0.25) is 10.0 Å². The zero-order valence-corrected chi connectivity index (χ0v) is 18.4. The second kappa shape index (κ2) is 8.62. The van der Waals surface area contributed by atoms with Gasteiger partial charge in [-0.05, 0) is 19.1 Å². The third-order valence-corrected chi connectivity index (χ3v) is 6.00. The molecule has 0 aliphatic carbocycles. The van der Waals surface area contributed by atoms with Crippen LogP contribution in [0.4, 0.5) is 19.0 Å². The lowest BCUT2D eigenvalue weighted by molar-refractivity contribution is -0.137. The van der Waals surface area contributed by atoms with Gasteiger partial charge in [-0.2, -0.15) is 23.5 Å². The highest BCUT2D eigenvalue weighted by molar-refractivity contribution is 7.88. The van der Waals surface area contributed by atoms with Crippen molar-refractivity contribution in [2.75, 3.05) is 5.73 Å². The highest BCUT2D eigenvalue weighted by atomic mass is 35.5. The van der Waals surface area contributed by atoms with E-state index in [9.17, 15) is 26.9 Å². The number of nitrogens with one attached hydrogen (secondary N) is 1. The van der Waals surface area contributed by atoms with E-state index >= 15 is 0 Å². The molecule has 0 atom stereocenters. The lowest BCUT2D eigenvalue weighted by Crippen LogP contribution is -2.25. The van der Waals surface area contributed by atoms with E-state index in [1.165, 1.54) is 6.07 Å².